The van der Waals surface area contributed by atoms with Crippen molar-refractivity contribution in [3.05, 3.63) is 29.3 Å². The highest BCUT2D eigenvalue weighted by Crippen LogP contribution is 2.37. The molecule has 3 heterocycles. The molecule has 0 amide bonds. The van der Waals surface area contributed by atoms with Crippen molar-refractivity contribution in [3.8, 4) is 17.0 Å². The molecule has 1 aliphatic rings. The molecule has 0 radical (unpaired) electrons. The monoisotopic (exact) mass is 416 g/mol. The van der Waals surface area contributed by atoms with E-state index in [1.54, 1.807) is 26.8 Å². The molecule has 11 nitrogen and oxygen atoms in total. The Labute approximate surface area is 160 Å². The van der Waals surface area contributed by atoms with Gasteiger partial charge < -0.3 is 29.3 Å². The number of ether oxygens (including phenoxy) is 2. The van der Waals surface area contributed by atoms with Gasteiger partial charge in [-0.1, -0.05) is 5.16 Å². The van der Waals surface area contributed by atoms with Crippen LogP contribution >= 0.6 is 0 Å². The van der Waals surface area contributed by atoms with Gasteiger partial charge in [0.1, 0.15) is 29.8 Å². The zero-order valence-corrected chi connectivity index (χ0v) is 16.0. The van der Waals surface area contributed by atoms with Crippen molar-refractivity contribution in [2.75, 3.05) is 0 Å². The second-order valence-corrected chi connectivity index (χ2v) is 7.98. The largest absolute Gasteiger partial charge is 0.459 e. The molecular formula is C16H20N2O9S. The van der Waals surface area contributed by atoms with Crippen LogP contribution in [0.1, 0.15) is 17.0 Å². The molecule has 1 saturated heterocycles. The molecule has 3 rings (SSSR count). The first kappa shape index (κ1) is 20.6. The van der Waals surface area contributed by atoms with Crippen LogP contribution in [0, 0.1) is 20.8 Å². The van der Waals surface area contributed by atoms with Gasteiger partial charge in [0, 0.05) is 6.20 Å². The van der Waals surface area contributed by atoms with Crippen molar-refractivity contribution < 1.29 is 42.3 Å². The molecule has 0 bridgehead atoms. The zero-order chi connectivity index (χ0) is 20.8. The highest BCUT2D eigenvalue weighted by atomic mass is 32.2. The summed E-state index contributed by atoms with van der Waals surface area (Å²) < 4.78 is 48.0. The fraction of sp³-hybridized carbons (Fsp3) is 0.500. The van der Waals surface area contributed by atoms with Crippen molar-refractivity contribution >= 4 is 10.1 Å². The van der Waals surface area contributed by atoms with Crippen LogP contribution in [0.4, 0.5) is 0 Å². The van der Waals surface area contributed by atoms with Crippen LogP contribution < -0.4 is 4.74 Å². The Balaban J connectivity index is 2.02. The summed E-state index contributed by atoms with van der Waals surface area (Å²) >= 11 is 0. The van der Waals surface area contributed by atoms with E-state index in [2.05, 4.69) is 10.1 Å². The molecule has 0 aromatic carbocycles. The molecule has 28 heavy (non-hydrogen) atoms. The number of aryl methyl sites for hydroxylation is 3. The summed E-state index contributed by atoms with van der Waals surface area (Å²) in [6.45, 7) is 5.04. The second kappa shape index (κ2) is 7.39. The molecule has 1 unspecified atom stereocenters. The third-order valence-corrected chi connectivity index (χ3v) is 5.40. The van der Waals surface area contributed by atoms with Crippen LogP contribution in [0.15, 0.2) is 16.8 Å². The Morgan fingerprint density at radius 2 is 1.79 bits per heavy atom. The van der Waals surface area contributed by atoms with E-state index in [0.717, 1.165) is 0 Å². The summed E-state index contributed by atoms with van der Waals surface area (Å²) in [5, 5.41) is 33.8. The number of hydrogen-bond donors (Lipinski definition) is 4. The first-order chi connectivity index (χ1) is 13.0. The minimum Gasteiger partial charge on any atom is -0.459 e. The highest BCUT2D eigenvalue weighted by Gasteiger charge is 2.50. The van der Waals surface area contributed by atoms with Gasteiger partial charge in [0.05, 0.1) is 11.3 Å². The molecule has 2 aromatic heterocycles. The van der Waals surface area contributed by atoms with Crippen LogP contribution in [0.5, 0.6) is 5.75 Å². The lowest BCUT2D eigenvalue weighted by molar-refractivity contribution is -0.254. The third kappa shape index (κ3) is 3.62. The highest BCUT2D eigenvalue weighted by molar-refractivity contribution is 7.86. The van der Waals surface area contributed by atoms with Gasteiger partial charge in [-0.15, -0.1) is 0 Å². The van der Waals surface area contributed by atoms with E-state index in [4.69, 9.17) is 14.0 Å². The van der Waals surface area contributed by atoms with Crippen molar-refractivity contribution in [3.63, 3.8) is 0 Å². The number of aliphatic hydroxyl groups is 3. The molecular weight excluding hydrogens is 396 g/mol. The smallest absolute Gasteiger partial charge is 0.295 e. The van der Waals surface area contributed by atoms with Gasteiger partial charge in [0.15, 0.2) is 5.75 Å². The third-order valence-electron chi connectivity index (χ3n) is 4.42. The van der Waals surface area contributed by atoms with Gasteiger partial charge in [-0.25, -0.2) is 0 Å². The molecule has 1 aliphatic heterocycles. The minimum atomic E-state index is -4.90. The average molecular weight is 416 g/mol. The Bertz CT molecular complexity index is 955. The number of nitrogens with zero attached hydrogens (tertiary/aromatic N) is 2. The second-order valence-electron chi connectivity index (χ2n) is 6.48. The molecule has 4 N–H and O–H groups in total. The number of aromatic nitrogens is 2. The average Bonchev–Trinajstić information content (AvgIpc) is 2.94. The van der Waals surface area contributed by atoms with E-state index in [1.807, 2.05) is 0 Å². The summed E-state index contributed by atoms with van der Waals surface area (Å²) in [6, 6.07) is 1.61. The molecule has 1 fully saturated rings. The number of rotatable bonds is 4. The Kier molecular flexibility index (Phi) is 5.44. The van der Waals surface area contributed by atoms with Crippen LogP contribution in [-0.4, -0.2) is 68.5 Å². The summed E-state index contributed by atoms with van der Waals surface area (Å²) in [5.41, 5.74) is -0.274. The maximum absolute atomic E-state index is 11.4. The van der Waals surface area contributed by atoms with Crippen molar-refractivity contribution in [2.45, 2.75) is 50.8 Å². The van der Waals surface area contributed by atoms with E-state index < -0.39 is 40.2 Å². The lowest BCUT2D eigenvalue weighted by Gasteiger charge is -2.39. The molecule has 0 spiro atoms. The maximum atomic E-state index is 11.4. The SMILES string of the molecule is Cc1ccnc(-c2c(C)noc2C)c1O[C@@H]1OC(S(=O)(=O)O)[C@@H](O)[C@H](O)[C@H]1O. The van der Waals surface area contributed by atoms with E-state index in [-0.39, 0.29) is 5.75 Å². The predicted octanol–water partition coefficient (Wildman–Crippen LogP) is -0.306. The molecule has 0 aliphatic carbocycles. The molecule has 5 atom stereocenters. The minimum absolute atomic E-state index is 0.124. The summed E-state index contributed by atoms with van der Waals surface area (Å²) in [7, 11) is -4.90. The van der Waals surface area contributed by atoms with Gasteiger partial charge in [-0.3, -0.25) is 9.54 Å². The van der Waals surface area contributed by atoms with E-state index >= 15 is 0 Å². The van der Waals surface area contributed by atoms with Gasteiger partial charge in [0.25, 0.3) is 10.1 Å². The van der Waals surface area contributed by atoms with E-state index in [9.17, 15) is 28.3 Å². The maximum Gasteiger partial charge on any atom is 0.295 e. The fourth-order valence-electron chi connectivity index (χ4n) is 2.97. The quantitative estimate of drug-likeness (QED) is 0.482. The van der Waals surface area contributed by atoms with Crippen molar-refractivity contribution in [1.29, 1.82) is 0 Å². The zero-order valence-electron chi connectivity index (χ0n) is 15.2. The Morgan fingerprint density at radius 1 is 1.11 bits per heavy atom. The number of pyridine rings is 1. The summed E-state index contributed by atoms with van der Waals surface area (Å²) in [6.07, 6.45) is -6.01. The van der Waals surface area contributed by atoms with Crippen molar-refractivity contribution in [2.24, 2.45) is 0 Å². The topological polar surface area (TPSA) is 172 Å². The van der Waals surface area contributed by atoms with E-state index in [1.165, 1.54) is 6.20 Å². The van der Waals surface area contributed by atoms with Gasteiger partial charge in [-0.2, -0.15) is 8.42 Å². The standard InChI is InChI=1S/C16H20N2O9S/c1-6-4-5-17-10(9-7(2)18-27-8(9)3)14(6)25-15-12(20)11(19)13(21)16(26-15)28(22,23)24/h4-5,11-13,15-16,19-21H,1-3H3,(H,22,23,24)/t11-,12-,13+,15-,16?/m1/s1. The van der Waals surface area contributed by atoms with E-state index in [0.29, 0.717) is 28.3 Å². The first-order valence-corrected chi connectivity index (χ1v) is 9.74. The Hall–Kier alpha value is -2.09. The Morgan fingerprint density at radius 3 is 2.36 bits per heavy atom. The van der Waals surface area contributed by atoms with Gasteiger partial charge >= 0.3 is 0 Å². The molecule has 0 saturated carbocycles. The van der Waals surface area contributed by atoms with Gasteiger partial charge in [0.2, 0.25) is 11.7 Å². The normalized spacial score (nSPS) is 28.3. The number of hydrogen-bond acceptors (Lipinski definition) is 10. The van der Waals surface area contributed by atoms with Crippen LogP contribution in [-0.2, 0) is 14.9 Å². The summed E-state index contributed by atoms with van der Waals surface area (Å²) in [4.78, 5) is 4.25. The molecule has 12 heteroatoms. The van der Waals surface area contributed by atoms with Gasteiger partial charge in [-0.05, 0) is 32.4 Å². The summed E-state index contributed by atoms with van der Waals surface area (Å²) in [5.74, 6) is 0.579. The van der Waals surface area contributed by atoms with Crippen LogP contribution in [0.3, 0.4) is 0 Å². The van der Waals surface area contributed by atoms with Crippen LogP contribution in [0.25, 0.3) is 11.3 Å². The molecule has 2 aromatic rings. The first-order valence-electron chi connectivity index (χ1n) is 8.23. The van der Waals surface area contributed by atoms with Crippen LogP contribution in [0.2, 0.25) is 0 Å². The predicted molar refractivity (Wildman–Crippen MR) is 92.8 cm³/mol. The number of aliphatic hydroxyl groups excluding tert-OH is 3. The fourth-order valence-corrected chi connectivity index (χ4v) is 3.73. The lowest BCUT2D eigenvalue weighted by Crippen LogP contribution is -2.61. The lowest BCUT2D eigenvalue weighted by atomic mass is 10.0. The van der Waals surface area contributed by atoms with Crippen molar-refractivity contribution in [1.82, 2.24) is 10.1 Å². The molecule has 154 valence electrons.